The van der Waals surface area contributed by atoms with Crippen LogP contribution in [0.25, 0.3) is 0 Å². The molecule has 3 aliphatic heterocycles. The number of nitrogens with one attached hydrogen (secondary N) is 1. The number of urea groups is 1. The van der Waals surface area contributed by atoms with E-state index in [1.165, 1.54) is 0 Å². The minimum atomic E-state index is -1.28. The molecule has 1 aromatic rings. The highest BCUT2D eigenvalue weighted by molar-refractivity contribution is 6.09. The zero-order valence-corrected chi connectivity index (χ0v) is 16.8. The second kappa shape index (κ2) is 7.22. The summed E-state index contributed by atoms with van der Waals surface area (Å²) in [4.78, 5) is 41.0. The van der Waals surface area contributed by atoms with Gasteiger partial charge in [-0.05, 0) is 38.5 Å². The number of carbonyl (C=O) groups excluding carboxylic acids is 3. The standard InChI is InChI=1S/C20H25N3O6/c1-12-9-22(10-13(2)29-12)17(24)11-23-18(25)20(3,21-19(23)26)14-4-5-15-16(8-14)28-7-6-27-15/h4-5,8,12-13H,6-7,9-11H2,1-3H3,(H,21,26)/t12-,13-,20+/m0/s1. The predicted octanol–water partition coefficient (Wildman–Crippen LogP) is 0.861. The summed E-state index contributed by atoms with van der Waals surface area (Å²) in [6, 6.07) is 4.56. The fourth-order valence-electron chi connectivity index (χ4n) is 4.01. The number of nitrogens with zero attached hydrogens (tertiary/aromatic N) is 2. The van der Waals surface area contributed by atoms with Crippen LogP contribution in [0.2, 0.25) is 0 Å². The maximum absolute atomic E-state index is 13.1. The second-order valence-corrected chi connectivity index (χ2v) is 7.86. The molecular formula is C20H25N3O6. The Morgan fingerprint density at radius 1 is 1.14 bits per heavy atom. The number of fused-ring (bicyclic) bond motifs is 1. The van der Waals surface area contributed by atoms with E-state index in [2.05, 4.69) is 5.32 Å². The number of benzene rings is 1. The van der Waals surface area contributed by atoms with Gasteiger partial charge >= 0.3 is 6.03 Å². The fourth-order valence-corrected chi connectivity index (χ4v) is 4.01. The van der Waals surface area contributed by atoms with Gasteiger partial charge < -0.3 is 24.4 Å². The molecule has 1 aromatic carbocycles. The summed E-state index contributed by atoms with van der Waals surface area (Å²) in [5, 5.41) is 2.72. The topological polar surface area (TPSA) is 97.4 Å². The lowest BCUT2D eigenvalue weighted by molar-refractivity contribution is -0.146. The van der Waals surface area contributed by atoms with Crippen molar-refractivity contribution in [3.63, 3.8) is 0 Å². The molecule has 3 heterocycles. The highest BCUT2D eigenvalue weighted by Gasteiger charge is 2.50. The highest BCUT2D eigenvalue weighted by atomic mass is 16.6. The van der Waals surface area contributed by atoms with E-state index in [9.17, 15) is 14.4 Å². The smallest absolute Gasteiger partial charge is 0.325 e. The molecule has 0 aromatic heterocycles. The van der Waals surface area contributed by atoms with Crippen molar-refractivity contribution in [2.75, 3.05) is 32.8 Å². The van der Waals surface area contributed by atoms with Crippen molar-refractivity contribution in [3.05, 3.63) is 23.8 Å². The molecule has 0 radical (unpaired) electrons. The Labute approximate surface area is 168 Å². The van der Waals surface area contributed by atoms with Crippen LogP contribution in [0.3, 0.4) is 0 Å². The number of amides is 4. The van der Waals surface area contributed by atoms with Gasteiger partial charge in [-0.25, -0.2) is 4.79 Å². The third-order valence-electron chi connectivity index (χ3n) is 5.46. The molecular weight excluding hydrogens is 378 g/mol. The molecule has 0 aliphatic carbocycles. The molecule has 2 saturated heterocycles. The van der Waals surface area contributed by atoms with Crippen molar-refractivity contribution in [2.45, 2.75) is 38.5 Å². The molecule has 0 spiro atoms. The second-order valence-electron chi connectivity index (χ2n) is 7.86. The van der Waals surface area contributed by atoms with Gasteiger partial charge in [-0.2, -0.15) is 0 Å². The third-order valence-corrected chi connectivity index (χ3v) is 5.46. The first kappa shape index (κ1) is 19.5. The Kier molecular flexibility index (Phi) is 4.85. The number of hydrogen-bond acceptors (Lipinski definition) is 6. The molecule has 2 fully saturated rings. The normalized spacial score (nSPS) is 29.1. The number of rotatable bonds is 3. The van der Waals surface area contributed by atoms with Gasteiger partial charge in [0.05, 0.1) is 12.2 Å². The first-order chi connectivity index (χ1) is 13.8. The number of imide groups is 1. The largest absolute Gasteiger partial charge is 0.486 e. The van der Waals surface area contributed by atoms with Crippen LogP contribution in [0.1, 0.15) is 26.3 Å². The quantitative estimate of drug-likeness (QED) is 0.752. The average Bonchev–Trinajstić information content (AvgIpc) is 2.91. The lowest BCUT2D eigenvalue weighted by Gasteiger charge is -2.35. The third kappa shape index (κ3) is 3.50. The molecule has 4 rings (SSSR count). The predicted molar refractivity (Wildman–Crippen MR) is 102 cm³/mol. The van der Waals surface area contributed by atoms with Crippen LogP contribution >= 0.6 is 0 Å². The van der Waals surface area contributed by atoms with E-state index in [-0.39, 0.29) is 24.7 Å². The number of hydrogen-bond donors (Lipinski definition) is 1. The fraction of sp³-hybridized carbons (Fsp3) is 0.550. The SMILES string of the molecule is C[C@H]1CN(C(=O)CN2C(=O)N[C@](C)(c3ccc4c(c3)OCCO4)C2=O)C[C@H](C)O1. The van der Waals surface area contributed by atoms with Gasteiger partial charge in [0, 0.05) is 13.1 Å². The molecule has 9 heteroatoms. The van der Waals surface area contributed by atoms with Crippen LogP contribution in [-0.2, 0) is 19.9 Å². The van der Waals surface area contributed by atoms with Crippen LogP contribution in [0.5, 0.6) is 11.5 Å². The van der Waals surface area contributed by atoms with Gasteiger partial charge in [0.1, 0.15) is 25.3 Å². The summed E-state index contributed by atoms with van der Waals surface area (Å²) >= 11 is 0. The first-order valence-corrected chi connectivity index (χ1v) is 9.75. The zero-order valence-electron chi connectivity index (χ0n) is 16.8. The molecule has 9 nitrogen and oxygen atoms in total. The Hall–Kier alpha value is -2.81. The molecule has 1 N–H and O–H groups in total. The van der Waals surface area contributed by atoms with Gasteiger partial charge in [0.2, 0.25) is 5.91 Å². The van der Waals surface area contributed by atoms with E-state index >= 15 is 0 Å². The minimum absolute atomic E-state index is 0.0891. The summed E-state index contributed by atoms with van der Waals surface area (Å²) in [5.74, 6) is 0.384. The van der Waals surface area contributed by atoms with Gasteiger partial charge in [0.15, 0.2) is 11.5 Å². The molecule has 3 atom stereocenters. The Bertz CT molecular complexity index is 849. The minimum Gasteiger partial charge on any atom is -0.486 e. The molecule has 156 valence electrons. The van der Waals surface area contributed by atoms with Crippen molar-refractivity contribution in [1.29, 1.82) is 0 Å². The van der Waals surface area contributed by atoms with E-state index < -0.39 is 17.5 Å². The summed E-state index contributed by atoms with van der Waals surface area (Å²) in [5.41, 5.74) is -0.706. The average molecular weight is 403 g/mol. The maximum Gasteiger partial charge on any atom is 0.325 e. The van der Waals surface area contributed by atoms with Crippen LogP contribution in [-0.4, -0.2) is 72.7 Å². The summed E-state index contributed by atoms with van der Waals surface area (Å²) in [6.07, 6.45) is -0.178. The van der Waals surface area contributed by atoms with Crippen molar-refractivity contribution >= 4 is 17.8 Å². The zero-order chi connectivity index (χ0) is 20.8. The number of ether oxygens (including phenoxy) is 3. The Balaban J connectivity index is 1.52. The summed E-state index contributed by atoms with van der Waals surface area (Å²) in [6.45, 7) is 6.87. The Morgan fingerprint density at radius 3 is 2.48 bits per heavy atom. The summed E-state index contributed by atoms with van der Waals surface area (Å²) in [7, 11) is 0. The van der Waals surface area contributed by atoms with Gasteiger partial charge in [-0.1, -0.05) is 6.07 Å². The lowest BCUT2D eigenvalue weighted by atomic mass is 9.91. The van der Waals surface area contributed by atoms with Crippen LogP contribution in [0, 0.1) is 0 Å². The monoisotopic (exact) mass is 403 g/mol. The molecule has 0 unspecified atom stereocenters. The van der Waals surface area contributed by atoms with Crippen molar-refractivity contribution in [1.82, 2.24) is 15.1 Å². The van der Waals surface area contributed by atoms with Gasteiger partial charge in [-0.3, -0.25) is 14.5 Å². The van der Waals surface area contributed by atoms with E-state index in [1.54, 1.807) is 30.0 Å². The van der Waals surface area contributed by atoms with Crippen LogP contribution in [0.4, 0.5) is 4.79 Å². The van der Waals surface area contributed by atoms with Crippen molar-refractivity contribution in [3.8, 4) is 11.5 Å². The first-order valence-electron chi connectivity index (χ1n) is 9.75. The maximum atomic E-state index is 13.1. The lowest BCUT2D eigenvalue weighted by Crippen LogP contribution is -2.52. The van der Waals surface area contributed by atoms with Crippen LogP contribution in [0.15, 0.2) is 18.2 Å². The van der Waals surface area contributed by atoms with Crippen molar-refractivity contribution < 1.29 is 28.6 Å². The molecule has 0 saturated carbocycles. The van der Waals surface area contributed by atoms with Gasteiger partial charge in [-0.15, -0.1) is 0 Å². The van der Waals surface area contributed by atoms with Crippen LogP contribution < -0.4 is 14.8 Å². The van der Waals surface area contributed by atoms with Gasteiger partial charge in [0.25, 0.3) is 5.91 Å². The van der Waals surface area contributed by atoms with E-state index in [0.29, 0.717) is 43.4 Å². The molecule has 3 aliphatic rings. The van der Waals surface area contributed by atoms with Crippen molar-refractivity contribution in [2.24, 2.45) is 0 Å². The molecule has 4 amide bonds. The highest BCUT2D eigenvalue weighted by Crippen LogP contribution is 2.36. The van der Waals surface area contributed by atoms with E-state index in [4.69, 9.17) is 14.2 Å². The molecule has 0 bridgehead atoms. The number of carbonyl (C=O) groups is 3. The van der Waals surface area contributed by atoms with E-state index in [0.717, 1.165) is 4.90 Å². The summed E-state index contributed by atoms with van der Waals surface area (Å²) < 4.78 is 16.7. The Morgan fingerprint density at radius 2 is 1.79 bits per heavy atom. The molecule has 29 heavy (non-hydrogen) atoms. The number of morpholine rings is 1. The van der Waals surface area contributed by atoms with E-state index in [1.807, 2.05) is 13.8 Å².